The number of carbonyl (C=O) groups is 3. The lowest BCUT2D eigenvalue weighted by Gasteiger charge is -2.60. The Labute approximate surface area is 250 Å². The number of hydrogen-bond acceptors (Lipinski definition) is 5. The van der Waals surface area contributed by atoms with Crippen molar-refractivity contribution in [1.29, 1.82) is 0 Å². The van der Waals surface area contributed by atoms with Gasteiger partial charge in [-0.1, -0.05) is 41.4 Å². The first kappa shape index (κ1) is 29.5. The normalized spacial score (nSPS) is 35.8. The quantitative estimate of drug-likeness (QED) is 0.387. The summed E-state index contributed by atoms with van der Waals surface area (Å²) in [5, 5.41) is 9.43. The molecule has 2 unspecified atom stereocenters. The molecule has 0 bridgehead atoms. The van der Waals surface area contributed by atoms with Gasteiger partial charge in [0, 0.05) is 27.8 Å². The maximum atomic E-state index is 15.9. The zero-order valence-corrected chi connectivity index (χ0v) is 24.0. The number of benzene rings is 1. The van der Waals surface area contributed by atoms with Gasteiger partial charge in [-0.15, -0.1) is 0 Å². The van der Waals surface area contributed by atoms with E-state index >= 15 is 4.39 Å². The van der Waals surface area contributed by atoms with E-state index in [1.165, 1.54) is 12.1 Å². The van der Waals surface area contributed by atoms with Crippen molar-refractivity contribution in [3.8, 4) is 0 Å². The summed E-state index contributed by atoms with van der Waals surface area (Å²) in [5.74, 6) is -4.10. The van der Waals surface area contributed by atoms with E-state index in [2.05, 4.69) is 16.0 Å². The fourth-order valence-corrected chi connectivity index (χ4v) is 8.60. The minimum Gasteiger partial charge on any atom is -0.367 e. The molecule has 2 aliphatic carbocycles. The van der Waals surface area contributed by atoms with E-state index in [9.17, 15) is 23.2 Å². The first-order valence-corrected chi connectivity index (χ1v) is 14.7. The van der Waals surface area contributed by atoms with Crippen molar-refractivity contribution in [2.24, 2.45) is 22.5 Å². The summed E-state index contributed by atoms with van der Waals surface area (Å²) in [6.45, 7) is -1.87. The minimum absolute atomic E-state index is 0.0303. The molecule has 8 nitrogen and oxygen atoms in total. The van der Waals surface area contributed by atoms with Gasteiger partial charge in [-0.3, -0.25) is 28.5 Å². The van der Waals surface area contributed by atoms with Crippen LogP contribution < -0.4 is 21.7 Å². The van der Waals surface area contributed by atoms with Crippen molar-refractivity contribution in [3.05, 3.63) is 57.9 Å². The predicted octanol–water partition coefficient (Wildman–Crippen LogP) is 2.94. The number of halogens is 5. The Morgan fingerprint density at radius 2 is 1.90 bits per heavy atom. The molecule has 3 amide bonds. The Hall–Kier alpha value is -2.60. The molecule has 5 aliphatic rings. The Morgan fingerprint density at radius 1 is 1.17 bits per heavy atom. The number of amides is 3. The first-order chi connectivity index (χ1) is 20.0. The van der Waals surface area contributed by atoms with E-state index in [0.29, 0.717) is 17.9 Å². The number of fused-ring (bicyclic) bond motifs is 3. The van der Waals surface area contributed by atoms with E-state index in [-0.39, 0.29) is 30.0 Å². The van der Waals surface area contributed by atoms with E-state index in [1.807, 2.05) is 0 Å². The van der Waals surface area contributed by atoms with Crippen molar-refractivity contribution in [1.82, 2.24) is 16.0 Å². The van der Waals surface area contributed by atoms with Crippen LogP contribution in [0.2, 0.25) is 5.02 Å². The molecular formula is C29H31Cl2F3N4O4. The summed E-state index contributed by atoms with van der Waals surface area (Å²) >= 11 is 12.5. The molecule has 0 radical (unpaired) electrons. The van der Waals surface area contributed by atoms with Crippen LogP contribution in [0.15, 0.2) is 41.5 Å². The molecule has 2 spiro atoms. The predicted molar refractivity (Wildman–Crippen MR) is 148 cm³/mol. The van der Waals surface area contributed by atoms with Crippen LogP contribution in [0.5, 0.6) is 0 Å². The SMILES string of the molecule is NC(=O)[C@@H]1CC[C@@H](NC(=O)[C@@H]2NC3(CC(CF)(CF)C3)[C@@]3(C(=O)NC4C=C(Cl)C=CC43)[C@H]2c2cccc(Cl)c2F)CO1. The van der Waals surface area contributed by atoms with Crippen molar-refractivity contribution in [3.63, 3.8) is 0 Å². The molecule has 13 heteroatoms. The molecule has 1 saturated carbocycles. The van der Waals surface area contributed by atoms with Crippen LogP contribution in [0.25, 0.3) is 0 Å². The number of nitrogens with one attached hydrogen (secondary N) is 3. The van der Waals surface area contributed by atoms with E-state index in [0.717, 1.165) is 0 Å². The van der Waals surface area contributed by atoms with Gasteiger partial charge in [-0.2, -0.15) is 0 Å². The van der Waals surface area contributed by atoms with Gasteiger partial charge in [0.15, 0.2) is 0 Å². The number of nitrogens with two attached hydrogens (primary N) is 1. The highest BCUT2D eigenvalue weighted by molar-refractivity contribution is 6.31. The van der Waals surface area contributed by atoms with E-state index in [4.69, 9.17) is 33.7 Å². The lowest BCUT2D eigenvalue weighted by Crippen LogP contribution is -2.70. The molecule has 5 N–H and O–H groups in total. The third-order valence-electron chi connectivity index (χ3n) is 9.89. The average molecular weight is 627 g/mol. The molecule has 7 atom stereocenters. The molecule has 42 heavy (non-hydrogen) atoms. The van der Waals surface area contributed by atoms with Crippen LogP contribution in [-0.2, 0) is 19.1 Å². The van der Waals surface area contributed by atoms with Gasteiger partial charge in [-0.05, 0) is 49.5 Å². The number of ether oxygens (including phenoxy) is 1. The number of carbonyl (C=O) groups excluding carboxylic acids is 3. The van der Waals surface area contributed by atoms with Gasteiger partial charge in [-0.25, -0.2) is 4.39 Å². The van der Waals surface area contributed by atoms with Gasteiger partial charge in [0.1, 0.15) is 11.9 Å². The average Bonchev–Trinajstić information content (AvgIpc) is 3.41. The van der Waals surface area contributed by atoms with Gasteiger partial charge in [0.05, 0.1) is 48.5 Å². The van der Waals surface area contributed by atoms with Crippen LogP contribution >= 0.6 is 23.2 Å². The number of primary amides is 1. The molecule has 3 aliphatic heterocycles. The smallest absolute Gasteiger partial charge is 0.246 e. The van der Waals surface area contributed by atoms with Gasteiger partial charge in [0.2, 0.25) is 17.7 Å². The molecule has 0 aromatic heterocycles. The maximum absolute atomic E-state index is 15.9. The van der Waals surface area contributed by atoms with Crippen LogP contribution in [0, 0.1) is 22.6 Å². The summed E-state index contributed by atoms with van der Waals surface area (Å²) in [6, 6.07) is 2.16. The second kappa shape index (κ2) is 10.5. The fraction of sp³-hybridized carbons (Fsp3) is 0.552. The molecule has 4 fully saturated rings. The lowest BCUT2D eigenvalue weighted by atomic mass is 9.44. The van der Waals surface area contributed by atoms with Crippen molar-refractivity contribution < 1.29 is 32.3 Å². The summed E-state index contributed by atoms with van der Waals surface area (Å²) in [7, 11) is 0. The topological polar surface area (TPSA) is 123 Å². The van der Waals surface area contributed by atoms with Crippen LogP contribution in [-0.4, -0.2) is 67.4 Å². The molecule has 6 rings (SSSR count). The summed E-state index contributed by atoms with van der Waals surface area (Å²) in [5.41, 5.74) is 1.27. The van der Waals surface area contributed by atoms with Crippen LogP contribution in [0.3, 0.4) is 0 Å². The fourth-order valence-electron chi connectivity index (χ4n) is 8.21. The summed E-state index contributed by atoms with van der Waals surface area (Å²) < 4.78 is 50.0. The Balaban J connectivity index is 1.46. The van der Waals surface area contributed by atoms with Crippen molar-refractivity contribution in [2.45, 2.75) is 61.4 Å². The zero-order chi connectivity index (χ0) is 30.0. The van der Waals surface area contributed by atoms with E-state index < -0.39 is 89.3 Å². The number of allylic oxidation sites excluding steroid dienone is 2. The minimum atomic E-state index is -1.52. The third kappa shape index (κ3) is 4.22. The number of rotatable bonds is 6. The van der Waals surface area contributed by atoms with E-state index in [1.54, 1.807) is 24.3 Å². The molecule has 3 saturated heterocycles. The largest absolute Gasteiger partial charge is 0.367 e. The van der Waals surface area contributed by atoms with Crippen LogP contribution in [0.1, 0.15) is 37.2 Å². The van der Waals surface area contributed by atoms with Crippen molar-refractivity contribution >= 4 is 40.9 Å². The zero-order valence-electron chi connectivity index (χ0n) is 22.5. The molecular weight excluding hydrogens is 596 g/mol. The molecule has 3 heterocycles. The second-order valence-corrected chi connectivity index (χ2v) is 13.1. The molecule has 1 aromatic rings. The second-order valence-electron chi connectivity index (χ2n) is 12.3. The Morgan fingerprint density at radius 3 is 2.55 bits per heavy atom. The summed E-state index contributed by atoms with van der Waals surface area (Å²) in [4.78, 5) is 39.9. The standard InChI is InChI=1S/C29H31Cl2F3N4O4/c30-14-4-6-17-19(8-14)37-26(41)29(17)21(16-2-1-3-18(31)22(16)34)23(38-28(29)10-27(11-28,12-32)13-33)25(40)36-15-5-7-20(24(35)39)42-9-15/h1-4,6,8,15,17,19-21,23,38H,5,7,9-13H2,(H2,35,39)(H,36,40)(H,37,41)/t15-,17?,19?,20+,21+,23-,29-/m1/s1. The molecule has 226 valence electrons. The van der Waals surface area contributed by atoms with Gasteiger partial charge < -0.3 is 21.1 Å². The highest BCUT2D eigenvalue weighted by Gasteiger charge is 2.80. The van der Waals surface area contributed by atoms with Crippen molar-refractivity contribution in [2.75, 3.05) is 20.0 Å². The maximum Gasteiger partial charge on any atom is 0.246 e. The highest BCUT2D eigenvalue weighted by Crippen LogP contribution is 2.70. The monoisotopic (exact) mass is 626 g/mol. The van der Waals surface area contributed by atoms with Gasteiger partial charge in [0.25, 0.3) is 0 Å². The van der Waals surface area contributed by atoms with Crippen LogP contribution in [0.4, 0.5) is 13.2 Å². The molecule has 1 aromatic carbocycles. The lowest BCUT2D eigenvalue weighted by molar-refractivity contribution is -0.146. The Kier molecular flexibility index (Phi) is 7.39. The highest BCUT2D eigenvalue weighted by atomic mass is 35.5. The summed E-state index contributed by atoms with van der Waals surface area (Å²) in [6.07, 6.45) is 4.87. The number of hydrogen-bond donors (Lipinski definition) is 4. The number of alkyl halides is 2. The van der Waals surface area contributed by atoms with Gasteiger partial charge >= 0.3 is 0 Å². The third-order valence-corrected chi connectivity index (χ3v) is 10.4. The Bertz CT molecular complexity index is 1370. The first-order valence-electron chi connectivity index (χ1n) is 13.9.